The van der Waals surface area contributed by atoms with Crippen LogP contribution in [0, 0.1) is 13.8 Å². The normalized spacial score (nSPS) is 11.4. The van der Waals surface area contributed by atoms with Crippen LogP contribution in [-0.2, 0) is 10.0 Å². The number of rotatable bonds is 3. The summed E-state index contributed by atoms with van der Waals surface area (Å²) in [6.45, 7) is 3.74. The van der Waals surface area contributed by atoms with Gasteiger partial charge in [-0.2, -0.15) is 0 Å². The summed E-state index contributed by atoms with van der Waals surface area (Å²) in [5.41, 5.74) is 7.71. The standard InChI is InChI=1S/C12H14N2O2S2/c1-8-3-5-10(7-11(8)13)14-18(15,16)12-6-4-9(2)17-12/h3-7,14H,13H2,1-2H3. The van der Waals surface area contributed by atoms with Crippen LogP contribution in [0.5, 0.6) is 0 Å². The van der Waals surface area contributed by atoms with E-state index in [0.29, 0.717) is 15.6 Å². The average molecular weight is 282 g/mol. The first-order chi connectivity index (χ1) is 8.38. The highest BCUT2D eigenvalue weighted by atomic mass is 32.2. The van der Waals surface area contributed by atoms with E-state index in [1.165, 1.54) is 11.3 Å². The maximum Gasteiger partial charge on any atom is 0.271 e. The molecule has 0 fully saturated rings. The van der Waals surface area contributed by atoms with Crippen LogP contribution in [0.2, 0.25) is 0 Å². The number of nitrogen functional groups attached to an aromatic ring is 1. The van der Waals surface area contributed by atoms with Crippen molar-refractivity contribution < 1.29 is 8.42 Å². The van der Waals surface area contributed by atoms with E-state index in [9.17, 15) is 8.42 Å². The molecule has 0 atom stereocenters. The molecule has 96 valence electrons. The van der Waals surface area contributed by atoms with E-state index in [1.807, 2.05) is 13.8 Å². The molecule has 0 aliphatic rings. The molecular formula is C12H14N2O2S2. The van der Waals surface area contributed by atoms with Crippen LogP contribution in [0.15, 0.2) is 34.5 Å². The molecule has 2 aromatic rings. The Labute approximate surface area is 111 Å². The van der Waals surface area contributed by atoms with E-state index in [2.05, 4.69) is 4.72 Å². The number of anilines is 2. The van der Waals surface area contributed by atoms with Gasteiger partial charge < -0.3 is 5.73 Å². The summed E-state index contributed by atoms with van der Waals surface area (Å²) in [4.78, 5) is 0.957. The van der Waals surface area contributed by atoms with E-state index >= 15 is 0 Å². The van der Waals surface area contributed by atoms with Crippen molar-refractivity contribution in [3.63, 3.8) is 0 Å². The largest absolute Gasteiger partial charge is 0.398 e. The maximum absolute atomic E-state index is 12.1. The van der Waals surface area contributed by atoms with E-state index in [0.717, 1.165) is 10.4 Å². The highest BCUT2D eigenvalue weighted by molar-refractivity contribution is 7.94. The van der Waals surface area contributed by atoms with Gasteiger partial charge in [0.05, 0.1) is 5.69 Å². The van der Waals surface area contributed by atoms with Gasteiger partial charge in [0, 0.05) is 10.6 Å². The van der Waals surface area contributed by atoms with Crippen LogP contribution in [0.25, 0.3) is 0 Å². The zero-order valence-electron chi connectivity index (χ0n) is 10.1. The lowest BCUT2D eigenvalue weighted by Gasteiger charge is -2.08. The summed E-state index contributed by atoms with van der Waals surface area (Å²) < 4.78 is 27.0. The van der Waals surface area contributed by atoms with Crippen LogP contribution >= 0.6 is 11.3 Å². The Morgan fingerprint density at radius 1 is 1.17 bits per heavy atom. The van der Waals surface area contributed by atoms with Crippen LogP contribution < -0.4 is 10.5 Å². The summed E-state index contributed by atoms with van der Waals surface area (Å²) >= 11 is 1.24. The number of nitrogens with one attached hydrogen (secondary N) is 1. The number of hydrogen-bond acceptors (Lipinski definition) is 4. The molecular weight excluding hydrogens is 268 g/mol. The van der Waals surface area contributed by atoms with Gasteiger partial charge in [-0.15, -0.1) is 11.3 Å². The summed E-state index contributed by atoms with van der Waals surface area (Å²) in [6, 6.07) is 8.48. The minimum Gasteiger partial charge on any atom is -0.398 e. The Balaban J connectivity index is 2.30. The van der Waals surface area contributed by atoms with Gasteiger partial charge in [0.15, 0.2) is 0 Å². The quantitative estimate of drug-likeness (QED) is 0.850. The van der Waals surface area contributed by atoms with Crippen molar-refractivity contribution in [1.29, 1.82) is 0 Å². The number of sulfonamides is 1. The van der Waals surface area contributed by atoms with Gasteiger partial charge in [0.25, 0.3) is 10.0 Å². The zero-order valence-corrected chi connectivity index (χ0v) is 11.7. The SMILES string of the molecule is Cc1ccc(S(=O)(=O)Nc2ccc(C)c(N)c2)s1. The molecule has 18 heavy (non-hydrogen) atoms. The molecule has 0 saturated heterocycles. The Morgan fingerprint density at radius 2 is 1.89 bits per heavy atom. The van der Waals surface area contributed by atoms with Gasteiger partial charge in [0.2, 0.25) is 0 Å². The van der Waals surface area contributed by atoms with Crippen LogP contribution in [-0.4, -0.2) is 8.42 Å². The van der Waals surface area contributed by atoms with Crippen molar-refractivity contribution in [3.8, 4) is 0 Å². The summed E-state index contributed by atoms with van der Waals surface area (Å²) in [5.74, 6) is 0. The molecule has 0 spiro atoms. The van der Waals surface area contributed by atoms with Crippen LogP contribution in [0.3, 0.4) is 0 Å². The minimum atomic E-state index is -3.51. The smallest absolute Gasteiger partial charge is 0.271 e. The molecule has 0 saturated carbocycles. The van der Waals surface area contributed by atoms with E-state index in [4.69, 9.17) is 5.73 Å². The monoisotopic (exact) mass is 282 g/mol. The molecule has 0 aliphatic heterocycles. The van der Waals surface area contributed by atoms with Crippen LogP contribution in [0.1, 0.15) is 10.4 Å². The van der Waals surface area contributed by atoms with Gasteiger partial charge in [-0.1, -0.05) is 6.07 Å². The topological polar surface area (TPSA) is 72.2 Å². The second-order valence-corrected chi connectivity index (χ2v) is 7.24. The second-order valence-electron chi connectivity index (χ2n) is 4.04. The first kappa shape index (κ1) is 12.9. The Kier molecular flexibility index (Phi) is 3.32. The van der Waals surface area contributed by atoms with Gasteiger partial charge in [0.1, 0.15) is 4.21 Å². The van der Waals surface area contributed by atoms with Crippen molar-refractivity contribution in [3.05, 3.63) is 40.8 Å². The molecule has 0 aliphatic carbocycles. The summed E-state index contributed by atoms with van der Waals surface area (Å²) in [7, 11) is -3.51. The van der Waals surface area contributed by atoms with Crippen molar-refractivity contribution in [2.75, 3.05) is 10.5 Å². The number of hydrogen-bond donors (Lipinski definition) is 2. The van der Waals surface area contributed by atoms with Gasteiger partial charge >= 0.3 is 0 Å². The third-order valence-corrected chi connectivity index (χ3v) is 5.39. The van der Waals surface area contributed by atoms with Gasteiger partial charge in [-0.3, -0.25) is 4.72 Å². The summed E-state index contributed by atoms with van der Waals surface area (Å²) in [6.07, 6.45) is 0. The number of thiophene rings is 1. The van der Waals surface area contributed by atoms with Gasteiger partial charge in [-0.25, -0.2) is 8.42 Å². The predicted octanol–water partition coefficient (Wildman–Crippen LogP) is 2.75. The first-order valence-electron chi connectivity index (χ1n) is 5.34. The Morgan fingerprint density at radius 3 is 2.44 bits per heavy atom. The third kappa shape index (κ3) is 2.65. The Hall–Kier alpha value is -1.53. The predicted molar refractivity (Wildman–Crippen MR) is 75.5 cm³/mol. The number of nitrogens with two attached hydrogens (primary N) is 1. The number of benzene rings is 1. The van der Waals surface area contributed by atoms with E-state index < -0.39 is 10.0 Å². The van der Waals surface area contributed by atoms with E-state index in [-0.39, 0.29) is 0 Å². The summed E-state index contributed by atoms with van der Waals surface area (Å²) in [5, 5.41) is 0. The molecule has 4 nitrogen and oxygen atoms in total. The average Bonchev–Trinajstić information content (AvgIpc) is 2.71. The lowest BCUT2D eigenvalue weighted by atomic mass is 10.2. The fourth-order valence-electron chi connectivity index (χ4n) is 1.47. The molecule has 0 radical (unpaired) electrons. The van der Waals surface area contributed by atoms with E-state index in [1.54, 1.807) is 30.3 Å². The fraction of sp³-hybridized carbons (Fsp3) is 0.167. The molecule has 0 bridgehead atoms. The molecule has 6 heteroatoms. The molecule has 1 heterocycles. The molecule has 0 unspecified atom stereocenters. The molecule has 1 aromatic carbocycles. The molecule has 3 N–H and O–H groups in total. The first-order valence-corrected chi connectivity index (χ1v) is 7.64. The second kappa shape index (κ2) is 4.62. The lowest BCUT2D eigenvalue weighted by molar-refractivity contribution is 0.603. The molecule has 1 aromatic heterocycles. The highest BCUT2D eigenvalue weighted by Gasteiger charge is 2.16. The van der Waals surface area contributed by atoms with Crippen molar-refractivity contribution in [2.45, 2.75) is 18.1 Å². The third-order valence-electron chi connectivity index (χ3n) is 2.51. The van der Waals surface area contributed by atoms with Gasteiger partial charge in [-0.05, 0) is 43.7 Å². The number of aryl methyl sites for hydroxylation is 2. The molecule has 2 rings (SSSR count). The fourth-order valence-corrected chi connectivity index (χ4v) is 3.80. The Bertz CT molecular complexity index is 675. The minimum absolute atomic E-state index is 0.305. The van der Waals surface area contributed by atoms with Crippen molar-refractivity contribution in [2.24, 2.45) is 0 Å². The van der Waals surface area contributed by atoms with Crippen molar-refractivity contribution >= 4 is 32.7 Å². The molecule has 0 amide bonds. The van der Waals surface area contributed by atoms with Crippen molar-refractivity contribution in [1.82, 2.24) is 0 Å². The zero-order chi connectivity index (χ0) is 13.3. The maximum atomic E-state index is 12.1. The van der Waals surface area contributed by atoms with Crippen LogP contribution in [0.4, 0.5) is 11.4 Å². The highest BCUT2D eigenvalue weighted by Crippen LogP contribution is 2.24. The lowest BCUT2D eigenvalue weighted by Crippen LogP contribution is -2.11.